The lowest BCUT2D eigenvalue weighted by Gasteiger charge is -2.40. The topological polar surface area (TPSA) is 79.1 Å². The molecule has 0 radical (unpaired) electrons. The van der Waals surface area contributed by atoms with Gasteiger partial charge in [-0.3, -0.25) is 0 Å². The molecule has 1 aliphatic heterocycles. The Hall–Kier alpha value is -2.25. The molecule has 1 aliphatic rings. The summed E-state index contributed by atoms with van der Waals surface area (Å²) in [5.41, 5.74) is 7.66. The van der Waals surface area contributed by atoms with E-state index in [1.165, 1.54) is 6.07 Å². The van der Waals surface area contributed by atoms with Crippen LogP contribution in [0.3, 0.4) is 0 Å². The maximum absolute atomic E-state index is 13.1. The second-order valence-electron chi connectivity index (χ2n) is 6.02. The van der Waals surface area contributed by atoms with Crippen molar-refractivity contribution in [3.63, 3.8) is 0 Å². The summed E-state index contributed by atoms with van der Waals surface area (Å²) in [7, 11) is 1.96. The van der Waals surface area contributed by atoms with Gasteiger partial charge in [-0.15, -0.1) is 0 Å². The van der Waals surface area contributed by atoms with Gasteiger partial charge in [0.15, 0.2) is 0 Å². The maximum Gasteiger partial charge on any atom is 0.222 e. The van der Waals surface area contributed by atoms with Gasteiger partial charge in [0.25, 0.3) is 0 Å². The summed E-state index contributed by atoms with van der Waals surface area (Å²) in [5, 5.41) is 6.56. The van der Waals surface area contributed by atoms with Crippen LogP contribution in [0.15, 0.2) is 30.3 Å². The highest BCUT2D eigenvalue weighted by Gasteiger charge is 2.26. The average Bonchev–Trinajstić information content (AvgIpc) is 2.50. The molecular weight excluding hydrogens is 307 g/mol. The lowest BCUT2D eigenvalue weighted by molar-refractivity contribution is 0.447. The van der Waals surface area contributed by atoms with E-state index in [4.69, 9.17) is 5.73 Å². The Balaban J connectivity index is 1.51. The first-order valence-electron chi connectivity index (χ1n) is 8.15. The summed E-state index contributed by atoms with van der Waals surface area (Å²) in [6.07, 6.45) is 0.765. The molecule has 1 aromatic heterocycles. The van der Waals surface area contributed by atoms with Crippen LogP contribution >= 0.6 is 0 Å². The fourth-order valence-electron chi connectivity index (χ4n) is 2.75. The van der Waals surface area contributed by atoms with Crippen molar-refractivity contribution in [1.82, 2.24) is 20.6 Å². The van der Waals surface area contributed by atoms with Crippen molar-refractivity contribution in [1.29, 1.82) is 0 Å². The Labute approximate surface area is 141 Å². The second-order valence-corrected chi connectivity index (χ2v) is 6.02. The summed E-state index contributed by atoms with van der Waals surface area (Å²) in [6.45, 7) is 3.21. The molecule has 0 unspecified atom stereocenters. The molecule has 0 bridgehead atoms. The van der Waals surface area contributed by atoms with E-state index in [2.05, 4.69) is 25.5 Å². The molecule has 0 amide bonds. The van der Waals surface area contributed by atoms with Crippen molar-refractivity contribution in [3.05, 3.63) is 47.4 Å². The molecule has 7 heteroatoms. The monoisotopic (exact) mass is 330 g/mol. The van der Waals surface area contributed by atoms with E-state index in [1.54, 1.807) is 12.1 Å². The molecule has 1 aromatic carbocycles. The summed E-state index contributed by atoms with van der Waals surface area (Å²) in [6, 6.07) is 9.15. The van der Waals surface area contributed by atoms with Gasteiger partial charge in [0.1, 0.15) is 11.6 Å². The van der Waals surface area contributed by atoms with Crippen LogP contribution in [-0.4, -0.2) is 42.7 Å². The number of nitrogen functional groups attached to an aromatic ring is 1. The standard InChI is InChI=1S/C17H23FN6/c1-20-15-10-24(11-15)16-8-14(22-17(19)23-16)9-21-6-5-12-3-2-4-13(18)7-12/h2-4,7-8,15,20-21H,5-6,9-11H2,1H3,(H2,19,22,23). The van der Waals surface area contributed by atoms with Gasteiger partial charge in [0.05, 0.1) is 5.69 Å². The first-order chi connectivity index (χ1) is 11.6. The minimum absolute atomic E-state index is 0.199. The summed E-state index contributed by atoms with van der Waals surface area (Å²) in [5.74, 6) is 0.966. The highest BCUT2D eigenvalue weighted by atomic mass is 19.1. The molecule has 2 aromatic rings. The number of anilines is 2. The molecule has 0 atom stereocenters. The molecule has 0 spiro atoms. The zero-order chi connectivity index (χ0) is 16.9. The molecule has 6 nitrogen and oxygen atoms in total. The number of rotatable bonds is 7. The Morgan fingerprint density at radius 2 is 2.12 bits per heavy atom. The number of hydrogen-bond donors (Lipinski definition) is 3. The van der Waals surface area contributed by atoms with E-state index in [9.17, 15) is 4.39 Å². The van der Waals surface area contributed by atoms with E-state index in [-0.39, 0.29) is 5.82 Å². The van der Waals surface area contributed by atoms with E-state index >= 15 is 0 Å². The average molecular weight is 330 g/mol. The number of hydrogen-bond acceptors (Lipinski definition) is 6. The van der Waals surface area contributed by atoms with Gasteiger partial charge >= 0.3 is 0 Å². The Morgan fingerprint density at radius 3 is 2.88 bits per heavy atom. The SMILES string of the molecule is CNC1CN(c2cc(CNCCc3cccc(F)c3)nc(N)n2)C1. The second kappa shape index (κ2) is 7.55. The largest absolute Gasteiger partial charge is 0.368 e. The van der Waals surface area contributed by atoms with Crippen LogP contribution in [0.1, 0.15) is 11.3 Å². The summed E-state index contributed by atoms with van der Waals surface area (Å²) < 4.78 is 13.1. The van der Waals surface area contributed by atoms with Crippen molar-refractivity contribution in [2.75, 3.05) is 37.3 Å². The molecule has 2 heterocycles. The smallest absolute Gasteiger partial charge is 0.222 e. The van der Waals surface area contributed by atoms with E-state index < -0.39 is 0 Å². The van der Waals surface area contributed by atoms with Crippen molar-refractivity contribution in [2.45, 2.75) is 19.0 Å². The first-order valence-corrected chi connectivity index (χ1v) is 8.15. The summed E-state index contributed by atoms with van der Waals surface area (Å²) in [4.78, 5) is 10.8. The van der Waals surface area contributed by atoms with E-state index in [0.717, 1.165) is 43.1 Å². The highest BCUT2D eigenvalue weighted by Crippen LogP contribution is 2.20. The minimum Gasteiger partial charge on any atom is -0.368 e. The van der Waals surface area contributed by atoms with Crippen LogP contribution in [0.5, 0.6) is 0 Å². The zero-order valence-electron chi connectivity index (χ0n) is 13.8. The normalized spacial score (nSPS) is 14.7. The van der Waals surface area contributed by atoms with Crippen molar-refractivity contribution < 1.29 is 4.39 Å². The van der Waals surface area contributed by atoms with Crippen LogP contribution in [0.4, 0.5) is 16.2 Å². The fourth-order valence-corrected chi connectivity index (χ4v) is 2.75. The number of nitrogens with two attached hydrogens (primary N) is 1. The predicted molar refractivity (Wildman–Crippen MR) is 93.3 cm³/mol. The molecule has 3 rings (SSSR count). The molecular formula is C17H23FN6. The van der Waals surface area contributed by atoms with Gasteiger partial charge in [-0.1, -0.05) is 12.1 Å². The molecule has 0 saturated carbocycles. The number of aromatic nitrogens is 2. The van der Waals surface area contributed by atoms with Gasteiger partial charge in [0.2, 0.25) is 5.95 Å². The van der Waals surface area contributed by atoms with Gasteiger partial charge in [-0.25, -0.2) is 9.37 Å². The van der Waals surface area contributed by atoms with Crippen LogP contribution in [0, 0.1) is 5.82 Å². The van der Waals surface area contributed by atoms with Crippen LogP contribution in [0.2, 0.25) is 0 Å². The number of likely N-dealkylation sites (N-methyl/N-ethyl adjacent to an activating group) is 1. The minimum atomic E-state index is -0.199. The number of halogens is 1. The molecule has 128 valence electrons. The Bertz CT molecular complexity index is 687. The fraction of sp³-hybridized carbons (Fsp3) is 0.412. The molecule has 4 N–H and O–H groups in total. The van der Waals surface area contributed by atoms with E-state index in [0.29, 0.717) is 18.5 Å². The van der Waals surface area contributed by atoms with Crippen molar-refractivity contribution in [3.8, 4) is 0 Å². The van der Waals surface area contributed by atoms with Gasteiger partial charge in [-0.05, 0) is 37.7 Å². The first kappa shape index (κ1) is 16.6. The van der Waals surface area contributed by atoms with Crippen LogP contribution in [-0.2, 0) is 13.0 Å². The van der Waals surface area contributed by atoms with Gasteiger partial charge in [0, 0.05) is 31.7 Å². The third-order valence-electron chi connectivity index (χ3n) is 4.18. The molecule has 1 fully saturated rings. The predicted octanol–water partition coefficient (Wildman–Crippen LogP) is 0.938. The Kier molecular flexibility index (Phi) is 5.22. The van der Waals surface area contributed by atoms with Crippen LogP contribution < -0.4 is 21.3 Å². The van der Waals surface area contributed by atoms with Crippen molar-refractivity contribution >= 4 is 11.8 Å². The maximum atomic E-state index is 13.1. The lowest BCUT2D eigenvalue weighted by atomic mass is 10.1. The third-order valence-corrected chi connectivity index (χ3v) is 4.18. The highest BCUT2D eigenvalue weighted by molar-refractivity contribution is 5.46. The van der Waals surface area contributed by atoms with Gasteiger partial charge < -0.3 is 21.3 Å². The van der Waals surface area contributed by atoms with Crippen molar-refractivity contribution in [2.24, 2.45) is 0 Å². The number of nitrogens with zero attached hydrogens (tertiary/aromatic N) is 3. The molecule has 0 aliphatic carbocycles. The molecule has 1 saturated heterocycles. The number of nitrogens with one attached hydrogen (secondary N) is 2. The summed E-state index contributed by atoms with van der Waals surface area (Å²) >= 11 is 0. The zero-order valence-corrected chi connectivity index (χ0v) is 13.8. The van der Waals surface area contributed by atoms with Crippen LogP contribution in [0.25, 0.3) is 0 Å². The van der Waals surface area contributed by atoms with E-state index in [1.807, 2.05) is 19.2 Å². The molecule has 24 heavy (non-hydrogen) atoms. The number of benzene rings is 1. The lowest BCUT2D eigenvalue weighted by Crippen LogP contribution is -2.57. The van der Waals surface area contributed by atoms with Gasteiger partial charge in [-0.2, -0.15) is 4.98 Å². The Morgan fingerprint density at radius 1 is 1.29 bits per heavy atom. The third kappa shape index (κ3) is 4.18. The quantitative estimate of drug-likeness (QED) is 0.656.